The second-order valence-electron chi connectivity index (χ2n) is 12.9. The number of rotatable bonds is 7. The Morgan fingerprint density at radius 1 is 0.915 bits per heavy atom. The molecule has 8 rings (SSSR count). The van der Waals surface area contributed by atoms with Crippen molar-refractivity contribution in [3.63, 3.8) is 0 Å². The number of hydrogen-bond donors (Lipinski definition) is 2. The molecule has 3 atom stereocenters. The number of aromatic nitrogens is 2. The highest BCUT2D eigenvalue weighted by Gasteiger charge is 2.42. The topological polar surface area (TPSA) is 126 Å². The lowest BCUT2D eigenvalue weighted by Gasteiger charge is -2.36. The number of nitrogens with zero attached hydrogens (tertiary/aromatic N) is 3. The summed E-state index contributed by atoms with van der Waals surface area (Å²) in [6.07, 6.45) is 4.64. The molecule has 238 valence electrons. The zero-order chi connectivity index (χ0) is 32.3. The molecule has 47 heavy (non-hydrogen) atoms. The van der Waals surface area contributed by atoms with Gasteiger partial charge in [-0.1, -0.05) is 104 Å². The summed E-state index contributed by atoms with van der Waals surface area (Å²) in [5.41, 5.74) is 13.5. The van der Waals surface area contributed by atoms with Crippen LogP contribution in [0.15, 0.2) is 106 Å². The maximum absolute atomic E-state index is 15.3. The molecule has 0 bridgehead atoms. The van der Waals surface area contributed by atoms with Gasteiger partial charge in [-0.25, -0.2) is 14.0 Å². The molecule has 3 aliphatic rings. The fraction of sp³-hybridized carbons (Fsp3) is 0.263. The number of carbonyl (C=O) groups excluding carboxylic acids is 1. The standard InChI is InChI=1S/C38H37N5O3S/c1-24-22-26-23-25-12-11-19-30(25)33(32(24)26)31-20-21-43-37(46-31)35(34(41-43)36(39)44)47(40,45)42-38(27-13-5-2-6-14-27,28-15-7-3-8-16-28)29-17-9-4-10-18-29/h2-10,13-18,23-24,31H,11-12,19-22H2,1H3,(H2,39,44)(H2,40,42,45)/t24?,31-,47?/m1/s1. The first-order valence-corrected chi connectivity index (χ1v) is 17.8. The maximum Gasteiger partial charge on any atom is 0.270 e. The molecular formula is C38H37N5O3S. The van der Waals surface area contributed by atoms with Gasteiger partial charge in [0, 0.05) is 13.0 Å². The van der Waals surface area contributed by atoms with Crippen molar-refractivity contribution in [2.75, 3.05) is 0 Å². The molecule has 8 nitrogen and oxygen atoms in total. The van der Waals surface area contributed by atoms with Crippen LogP contribution in [0.5, 0.6) is 5.88 Å². The van der Waals surface area contributed by atoms with Crippen molar-refractivity contribution >= 4 is 15.8 Å². The normalized spacial score (nSPS) is 19.4. The van der Waals surface area contributed by atoms with E-state index in [1.807, 2.05) is 91.0 Å². The SMILES string of the molecule is CC1Cc2cc3c(c([C@H]4CCn5nc(C(N)=O)c(S(N)(=O)=NC(c6ccccc6)(c6ccccc6)c6ccccc6)c5O4)c21)CCC3. The molecule has 2 aliphatic carbocycles. The lowest BCUT2D eigenvalue weighted by atomic mass is 9.72. The molecule has 4 aromatic carbocycles. The monoisotopic (exact) mass is 643 g/mol. The van der Waals surface area contributed by atoms with Gasteiger partial charge in [-0.3, -0.25) is 4.79 Å². The van der Waals surface area contributed by atoms with Crippen LogP contribution >= 0.6 is 0 Å². The van der Waals surface area contributed by atoms with Crippen molar-refractivity contribution in [2.24, 2.45) is 15.2 Å². The van der Waals surface area contributed by atoms with Crippen LogP contribution in [0.4, 0.5) is 0 Å². The van der Waals surface area contributed by atoms with E-state index in [9.17, 15) is 4.79 Å². The van der Waals surface area contributed by atoms with Crippen molar-refractivity contribution < 1.29 is 13.7 Å². The number of primary amides is 1. The largest absolute Gasteiger partial charge is 0.469 e. The molecule has 2 heterocycles. The number of ether oxygens (including phenoxy) is 1. The van der Waals surface area contributed by atoms with Crippen LogP contribution in [0.2, 0.25) is 0 Å². The van der Waals surface area contributed by atoms with Crippen molar-refractivity contribution in [1.29, 1.82) is 0 Å². The number of carbonyl (C=O) groups is 1. The van der Waals surface area contributed by atoms with Crippen LogP contribution in [0.3, 0.4) is 0 Å². The molecule has 0 fully saturated rings. The highest BCUT2D eigenvalue weighted by atomic mass is 32.2. The predicted octanol–water partition coefficient (Wildman–Crippen LogP) is 6.35. The first-order chi connectivity index (χ1) is 22.8. The fourth-order valence-electron chi connectivity index (χ4n) is 7.98. The molecule has 9 heteroatoms. The number of nitrogens with two attached hydrogens (primary N) is 2. The van der Waals surface area contributed by atoms with Gasteiger partial charge in [0.1, 0.15) is 21.6 Å². The third-order valence-corrected chi connectivity index (χ3v) is 11.5. The van der Waals surface area contributed by atoms with Crippen molar-refractivity contribution in [3.05, 3.63) is 147 Å². The fourth-order valence-corrected chi connectivity index (χ4v) is 9.62. The van der Waals surface area contributed by atoms with E-state index < -0.39 is 21.4 Å². The van der Waals surface area contributed by atoms with E-state index in [4.69, 9.17) is 20.0 Å². The zero-order valence-corrected chi connectivity index (χ0v) is 27.1. The van der Waals surface area contributed by atoms with Crippen LogP contribution < -0.4 is 15.6 Å². The minimum Gasteiger partial charge on any atom is -0.469 e. The molecule has 1 aliphatic heterocycles. The molecule has 5 aromatic rings. The molecule has 2 unspecified atom stereocenters. The number of fused-ring (bicyclic) bond motifs is 3. The van der Waals surface area contributed by atoms with Gasteiger partial charge in [-0.2, -0.15) is 9.46 Å². The van der Waals surface area contributed by atoms with E-state index in [1.165, 1.54) is 27.8 Å². The first-order valence-electron chi connectivity index (χ1n) is 16.2. The molecule has 0 radical (unpaired) electrons. The van der Waals surface area contributed by atoms with Gasteiger partial charge in [0.15, 0.2) is 10.6 Å². The Bertz CT molecular complexity index is 2040. The number of aryl methyl sites for hydroxylation is 2. The van der Waals surface area contributed by atoms with Gasteiger partial charge in [0.05, 0.1) is 0 Å². The third kappa shape index (κ3) is 4.71. The Kier molecular flexibility index (Phi) is 7.07. The summed E-state index contributed by atoms with van der Waals surface area (Å²) < 4.78 is 28.8. The lowest BCUT2D eigenvalue weighted by molar-refractivity contribution is 0.0991. The Labute approximate surface area is 275 Å². The number of benzene rings is 4. The summed E-state index contributed by atoms with van der Waals surface area (Å²) in [6, 6.07) is 31.4. The molecule has 0 saturated carbocycles. The molecular weight excluding hydrogens is 607 g/mol. The van der Waals surface area contributed by atoms with Crippen LogP contribution in [-0.4, -0.2) is 19.9 Å². The highest BCUT2D eigenvalue weighted by Crippen LogP contribution is 2.49. The average Bonchev–Trinajstić information content (AvgIpc) is 3.73. The van der Waals surface area contributed by atoms with Crippen LogP contribution in [-0.2, 0) is 41.3 Å². The van der Waals surface area contributed by atoms with E-state index in [0.29, 0.717) is 18.9 Å². The lowest BCUT2D eigenvalue weighted by Crippen LogP contribution is -2.32. The van der Waals surface area contributed by atoms with E-state index >= 15 is 4.21 Å². The molecule has 4 N–H and O–H groups in total. The van der Waals surface area contributed by atoms with Crippen LogP contribution in [0.1, 0.15) is 86.8 Å². The van der Waals surface area contributed by atoms with E-state index in [-0.39, 0.29) is 22.6 Å². The van der Waals surface area contributed by atoms with Gasteiger partial charge in [0.25, 0.3) is 5.91 Å². The van der Waals surface area contributed by atoms with Gasteiger partial charge in [-0.15, -0.1) is 0 Å². The van der Waals surface area contributed by atoms with Gasteiger partial charge in [0.2, 0.25) is 5.88 Å². The maximum atomic E-state index is 15.3. The average molecular weight is 644 g/mol. The van der Waals surface area contributed by atoms with Gasteiger partial charge >= 0.3 is 0 Å². The summed E-state index contributed by atoms with van der Waals surface area (Å²) >= 11 is 0. The smallest absolute Gasteiger partial charge is 0.270 e. The summed E-state index contributed by atoms with van der Waals surface area (Å²) in [6.45, 7) is 2.72. The Morgan fingerprint density at radius 2 is 1.51 bits per heavy atom. The van der Waals surface area contributed by atoms with E-state index in [2.05, 4.69) is 18.1 Å². The first kappa shape index (κ1) is 29.7. The van der Waals surface area contributed by atoms with Crippen molar-refractivity contribution in [2.45, 2.75) is 68.0 Å². The summed E-state index contributed by atoms with van der Waals surface area (Å²) in [7, 11) is -3.90. The number of hydrogen-bond acceptors (Lipinski definition) is 5. The minimum atomic E-state index is -3.90. The highest BCUT2D eigenvalue weighted by molar-refractivity contribution is 7.91. The molecule has 1 amide bonds. The second kappa shape index (κ2) is 11.2. The minimum absolute atomic E-state index is 0.0543. The van der Waals surface area contributed by atoms with E-state index in [1.54, 1.807) is 4.68 Å². The molecule has 1 aromatic heterocycles. The zero-order valence-electron chi connectivity index (χ0n) is 26.3. The number of amides is 1. The van der Waals surface area contributed by atoms with Crippen molar-refractivity contribution in [3.8, 4) is 5.88 Å². The van der Waals surface area contributed by atoms with Crippen LogP contribution in [0.25, 0.3) is 0 Å². The Morgan fingerprint density at radius 3 is 2.06 bits per heavy atom. The van der Waals surface area contributed by atoms with E-state index in [0.717, 1.165) is 42.4 Å². The molecule has 0 saturated heterocycles. The summed E-state index contributed by atoms with van der Waals surface area (Å²) in [5, 5.41) is 11.5. The van der Waals surface area contributed by atoms with Gasteiger partial charge in [-0.05, 0) is 76.1 Å². The molecule has 0 spiro atoms. The quantitative estimate of drug-likeness (QED) is 0.201. The van der Waals surface area contributed by atoms with Gasteiger partial charge < -0.3 is 10.5 Å². The Balaban J connectivity index is 1.36. The summed E-state index contributed by atoms with van der Waals surface area (Å²) in [4.78, 5) is 12.9. The van der Waals surface area contributed by atoms with Crippen molar-refractivity contribution in [1.82, 2.24) is 9.78 Å². The predicted molar refractivity (Wildman–Crippen MR) is 182 cm³/mol. The third-order valence-electron chi connectivity index (χ3n) is 10.0. The van der Waals surface area contributed by atoms with Crippen LogP contribution in [0, 0.1) is 0 Å². The summed E-state index contributed by atoms with van der Waals surface area (Å²) in [5.74, 6) is -0.192. The Hall–Kier alpha value is -4.73. The second-order valence-corrected chi connectivity index (χ2v) is 14.6.